The molecule has 1 aliphatic rings. The number of aliphatic imine (C=N–C) groups is 1. The number of guanidine groups is 2. The van der Waals surface area contributed by atoms with E-state index in [0.717, 1.165) is 19.4 Å². The summed E-state index contributed by atoms with van der Waals surface area (Å²) in [7, 11) is 0. The van der Waals surface area contributed by atoms with Gasteiger partial charge in [0.05, 0.1) is 0 Å². The molecule has 1 aliphatic heterocycles. The SMILES string of the molecule is CC1(C)CCCN1/C(N)=N/C(=N)N. The van der Waals surface area contributed by atoms with E-state index in [-0.39, 0.29) is 11.5 Å². The molecule has 0 bridgehead atoms. The lowest BCUT2D eigenvalue weighted by Crippen LogP contribution is -2.47. The molecule has 0 unspecified atom stereocenters. The van der Waals surface area contributed by atoms with Gasteiger partial charge in [0.25, 0.3) is 0 Å². The minimum Gasteiger partial charge on any atom is -0.369 e. The van der Waals surface area contributed by atoms with E-state index in [1.54, 1.807) is 0 Å². The summed E-state index contributed by atoms with van der Waals surface area (Å²) in [5.41, 5.74) is 10.9. The summed E-state index contributed by atoms with van der Waals surface area (Å²) in [6, 6.07) is 0. The number of rotatable bonds is 0. The van der Waals surface area contributed by atoms with Gasteiger partial charge < -0.3 is 16.4 Å². The highest BCUT2D eigenvalue weighted by molar-refractivity contribution is 5.92. The van der Waals surface area contributed by atoms with Gasteiger partial charge in [-0.2, -0.15) is 4.99 Å². The van der Waals surface area contributed by atoms with Crippen molar-refractivity contribution >= 4 is 11.9 Å². The van der Waals surface area contributed by atoms with Crippen molar-refractivity contribution in [3.63, 3.8) is 0 Å². The maximum Gasteiger partial charge on any atom is 0.215 e. The van der Waals surface area contributed by atoms with Crippen molar-refractivity contribution in [2.24, 2.45) is 16.5 Å². The molecule has 1 rings (SSSR count). The number of hydrogen-bond donors (Lipinski definition) is 3. The molecule has 1 heterocycles. The highest BCUT2D eigenvalue weighted by Crippen LogP contribution is 2.27. The third-order valence-electron chi connectivity index (χ3n) is 2.41. The van der Waals surface area contributed by atoms with Crippen LogP contribution in [-0.2, 0) is 0 Å². The molecule has 0 amide bonds. The molecule has 0 aromatic rings. The van der Waals surface area contributed by atoms with Crippen LogP contribution >= 0.6 is 0 Å². The molecule has 1 saturated heterocycles. The second kappa shape index (κ2) is 3.24. The van der Waals surface area contributed by atoms with Crippen LogP contribution in [0.4, 0.5) is 0 Å². The van der Waals surface area contributed by atoms with E-state index in [2.05, 4.69) is 18.8 Å². The molecule has 1 fully saturated rings. The average molecular weight is 183 g/mol. The van der Waals surface area contributed by atoms with Crippen LogP contribution < -0.4 is 11.5 Å². The van der Waals surface area contributed by atoms with Crippen LogP contribution in [0.15, 0.2) is 4.99 Å². The third kappa shape index (κ3) is 2.11. The fourth-order valence-corrected chi connectivity index (χ4v) is 1.72. The van der Waals surface area contributed by atoms with E-state index in [0.29, 0.717) is 5.96 Å². The van der Waals surface area contributed by atoms with Crippen LogP contribution in [0.25, 0.3) is 0 Å². The number of nitrogens with zero attached hydrogens (tertiary/aromatic N) is 2. The summed E-state index contributed by atoms with van der Waals surface area (Å²) in [4.78, 5) is 5.73. The van der Waals surface area contributed by atoms with E-state index in [1.807, 2.05) is 4.90 Å². The first kappa shape index (κ1) is 9.83. The fraction of sp³-hybridized carbons (Fsp3) is 0.750. The van der Waals surface area contributed by atoms with Crippen molar-refractivity contribution in [1.82, 2.24) is 4.90 Å². The standard InChI is InChI=1S/C8H17N5/c1-8(2)4-3-5-13(8)7(11)12-6(9)10/h3-5H2,1-2H3,(H5,9,10,11,12). The molecule has 0 saturated carbocycles. The lowest BCUT2D eigenvalue weighted by atomic mass is 10.0. The molecular weight excluding hydrogens is 166 g/mol. The summed E-state index contributed by atoms with van der Waals surface area (Å²) in [6.45, 7) is 5.13. The van der Waals surface area contributed by atoms with Crippen molar-refractivity contribution in [1.29, 1.82) is 5.41 Å². The minimum atomic E-state index is -0.236. The maximum atomic E-state index is 7.00. The molecule has 0 aromatic carbocycles. The Balaban J connectivity index is 2.77. The van der Waals surface area contributed by atoms with E-state index < -0.39 is 0 Å². The highest BCUT2D eigenvalue weighted by atomic mass is 15.3. The summed E-state index contributed by atoms with van der Waals surface area (Å²) in [6.07, 6.45) is 2.21. The first-order valence-electron chi connectivity index (χ1n) is 4.39. The smallest absolute Gasteiger partial charge is 0.215 e. The van der Waals surface area contributed by atoms with Crippen LogP contribution in [0.5, 0.6) is 0 Å². The van der Waals surface area contributed by atoms with Gasteiger partial charge in [0, 0.05) is 12.1 Å². The molecule has 0 radical (unpaired) electrons. The predicted octanol–water partition coefficient (Wildman–Crippen LogP) is 0.0690. The Labute approximate surface area is 78.3 Å². The van der Waals surface area contributed by atoms with Crippen LogP contribution in [0, 0.1) is 5.41 Å². The second-order valence-corrected chi connectivity index (χ2v) is 3.92. The second-order valence-electron chi connectivity index (χ2n) is 3.92. The molecule has 0 atom stereocenters. The van der Waals surface area contributed by atoms with Crippen molar-refractivity contribution in [2.75, 3.05) is 6.54 Å². The van der Waals surface area contributed by atoms with Gasteiger partial charge in [-0.15, -0.1) is 0 Å². The van der Waals surface area contributed by atoms with E-state index in [9.17, 15) is 0 Å². The molecule has 13 heavy (non-hydrogen) atoms. The monoisotopic (exact) mass is 183 g/mol. The van der Waals surface area contributed by atoms with E-state index >= 15 is 0 Å². The molecular formula is C8H17N5. The Kier molecular flexibility index (Phi) is 2.45. The quantitative estimate of drug-likeness (QED) is 0.366. The van der Waals surface area contributed by atoms with Gasteiger partial charge >= 0.3 is 0 Å². The van der Waals surface area contributed by atoms with Gasteiger partial charge in [-0.05, 0) is 26.7 Å². The topological polar surface area (TPSA) is 91.5 Å². The summed E-state index contributed by atoms with van der Waals surface area (Å²) < 4.78 is 0. The molecule has 5 heteroatoms. The number of nitrogens with one attached hydrogen (secondary N) is 1. The summed E-state index contributed by atoms with van der Waals surface area (Å²) in [5, 5.41) is 7.00. The van der Waals surface area contributed by atoms with E-state index in [1.165, 1.54) is 0 Å². The molecule has 5 nitrogen and oxygen atoms in total. The molecule has 0 aromatic heterocycles. The number of hydrogen-bond acceptors (Lipinski definition) is 1. The zero-order valence-corrected chi connectivity index (χ0v) is 8.17. The van der Waals surface area contributed by atoms with Crippen molar-refractivity contribution in [3.8, 4) is 0 Å². The van der Waals surface area contributed by atoms with Crippen molar-refractivity contribution in [2.45, 2.75) is 32.2 Å². The molecule has 0 spiro atoms. The molecule has 0 aliphatic carbocycles. The lowest BCUT2D eigenvalue weighted by Gasteiger charge is -2.32. The van der Waals surface area contributed by atoms with Crippen LogP contribution in [0.2, 0.25) is 0 Å². The first-order valence-corrected chi connectivity index (χ1v) is 4.39. The number of nitrogens with two attached hydrogens (primary N) is 2. The Morgan fingerprint density at radius 2 is 2.08 bits per heavy atom. The zero-order valence-electron chi connectivity index (χ0n) is 8.17. The largest absolute Gasteiger partial charge is 0.369 e. The Morgan fingerprint density at radius 1 is 1.46 bits per heavy atom. The molecule has 5 N–H and O–H groups in total. The van der Waals surface area contributed by atoms with Crippen LogP contribution in [0.3, 0.4) is 0 Å². The van der Waals surface area contributed by atoms with Gasteiger partial charge in [0.15, 0.2) is 5.96 Å². The fourth-order valence-electron chi connectivity index (χ4n) is 1.72. The van der Waals surface area contributed by atoms with E-state index in [4.69, 9.17) is 16.9 Å². The van der Waals surface area contributed by atoms with Crippen molar-refractivity contribution in [3.05, 3.63) is 0 Å². The van der Waals surface area contributed by atoms with Crippen LogP contribution in [-0.4, -0.2) is 28.9 Å². The van der Waals surface area contributed by atoms with Crippen LogP contribution in [0.1, 0.15) is 26.7 Å². The van der Waals surface area contributed by atoms with Gasteiger partial charge in [0.1, 0.15) is 0 Å². The van der Waals surface area contributed by atoms with Gasteiger partial charge in [-0.1, -0.05) is 0 Å². The Morgan fingerprint density at radius 3 is 2.46 bits per heavy atom. The molecule has 74 valence electrons. The highest BCUT2D eigenvalue weighted by Gasteiger charge is 2.33. The third-order valence-corrected chi connectivity index (χ3v) is 2.41. The zero-order chi connectivity index (χ0) is 10.1. The minimum absolute atomic E-state index is 0.0447. The Bertz CT molecular complexity index is 243. The van der Waals surface area contributed by atoms with Gasteiger partial charge in [0.2, 0.25) is 5.96 Å². The lowest BCUT2D eigenvalue weighted by molar-refractivity contribution is 0.279. The first-order chi connectivity index (χ1) is 5.93. The Hall–Kier alpha value is -1.26. The summed E-state index contributed by atoms with van der Waals surface area (Å²) in [5.74, 6) is 0.121. The maximum absolute atomic E-state index is 7.00. The average Bonchev–Trinajstić information content (AvgIpc) is 2.27. The van der Waals surface area contributed by atoms with Crippen molar-refractivity contribution < 1.29 is 0 Å². The number of likely N-dealkylation sites (tertiary alicyclic amines) is 1. The normalized spacial score (nSPS) is 22.0. The summed E-state index contributed by atoms with van der Waals surface area (Å²) >= 11 is 0. The van der Waals surface area contributed by atoms with Gasteiger partial charge in [-0.3, -0.25) is 5.41 Å². The predicted molar refractivity (Wildman–Crippen MR) is 53.6 cm³/mol. The van der Waals surface area contributed by atoms with Gasteiger partial charge in [-0.25, -0.2) is 0 Å².